The summed E-state index contributed by atoms with van der Waals surface area (Å²) in [4.78, 5) is 12.7. The molecule has 0 unspecified atom stereocenters. The fourth-order valence-electron chi connectivity index (χ4n) is 3.71. The van der Waals surface area contributed by atoms with Crippen molar-refractivity contribution in [2.75, 3.05) is 40.3 Å². The molecule has 7 heteroatoms. The first kappa shape index (κ1) is 22.6. The molecular weight excluding hydrogens is 394 g/mol. The van der Waals surface area contributed by atoms with E-state index in [1.807, 2.05) is 36.7 Å². The Kier molecular flexibility index (Phi) is 8.96. The summed E-state index contributed by atoms with van der Waals surface area (Å²) in [6, 6.07) is 8.41. The first-order chi connectivity index (χ1) is 14.7. The van der Waals surface area contributed by atoms with E-state index in [0.717, 1.165) is 57.3 Å². The van der Waals surface area contributed by atoms with Gasteiger partial charge in [0, 0.05) is 44.2 Å². The van der Waals surface area contributed by atoms with E-state index in [1.54, 1.807) is 7.11 Å². The van der Waals surface area contributed by atoms with Gasteiger partial charge in [0.1, 0.15) is 5.75 Å². The van der Waals surface area contributed by atoms with E-state index < -0.39 is 0 Å². The van der Waals surface area contributed by atoms with Crippen LogP contribution in [0.4, 0.5) is 0 Å². The van der Waals surface area contributed by atoms with Crippen LogP contribution in [-0.4, -0.2) is 56.2 Å². The normalized spacial score (nSPS) is 15.9. The number of aromatic nitrogens is 1. The highest BCUT2D eigenvalue weighted by Crippen LogP contribution is 2.19. The van der Waals surface area contributed by atoms with E-state index in [1.165, 1.54) is 28.3 Å². The zero-order valence-corrected chi connectivity index (χ0v) is 19.3. The van der Waals surface area contributed by atoms with Gasteiger partial charge in [-0.3, -0.25) is 9.89 Å². The number of likely N-dealkylation sites (tertiary alicyclic amines) is 1. The number of rotatable bonds is 9. The third-order valence-corrected chi connectivity index (χ3v) is 6.84. The highest BCUT2D eigenvalue weighted by Gasteiger charge is 2.19. The van der Waals surface area contributed by atoms with Crippen LogP contribution in [0, 0.1) is 5.92 Å². The number of thiazole rings is 1. The molecule has 2 heterocycles. The quantitative estimate of drug-likeness (QED) is 0.473. The smallest absolute Gasteiger partial charge is 0.190 e. The van der Waals surface area contributed by atoms with Gasteiger partial charge in [-0.05, 0) is 56.0 Å². The highest BCUT2D eigenvalue weighted by atomic mass is 32.1. The van der Waals surface area contributed by atoms with Crippen LogP contribution in [0.15, 0.2) is 35.5 Å². The Labute approximate surface area is 184 Å². The maximum Gasteiger partial charge on any atom is 0.190 e. The minimum absolute atomic E-state index is 0.696. The summed E-state index contributed by atoms with van der Waals surface area (Å²) in [7, 11) is 3.55. The van der Waals surface area contributed by atoms with Gasteiger partial charge in [0.05, 0.1) is 12.1 Å². The predicted molar refractivity (Wildman–Crippen MR) is 126 cm³/mol. The fraction of sp³-hybridized carbons (Fsp3) is 0.565. The molecule has 0 amide bonds. The molecule has 0 radical (unpaired) electrons. The van der Waals surface area contributed by atoms with Crippen molar-refractivity contribution in [1.29, 1.82) is 0 Å². The summed E-state index contributed by atoms with van der Waals surface area (Å²) in [6.07, 6.45) is 6.44. The Morgan fingerprint density at radius 3 is 2.63 bits per heavy atom. The van der Waals surface area contributed by atoms with E-state index in [-0.39, 0.29) is 0 Å². The summed E-state index contributed by atoms with van der Waals surface area (Å²) in [6.45, 7) is 7.32. The molecule has 2 N–H and O–H groups in total. The number of benzene rings is 1. The van der Waals surface area contributed by atoms with Crippen LogP contribution in [0.25, 0.3) is 0 Å². The minimum Gasteiger partial charge on any atom is -0.497 e. The Balaban J connectivity index is 1.32. The Morgan fingerprint density at radius 1 is 1.23 bits per heavy atom. The number of hydrogen-bond donors (Lipinski definition) is 2. The van der Waals surface area contributed by atoms with Crippen molar-refractivity contribution >= 4 is 17.3 Å². The summed E-state index contributed by atoms with van der Waals surface area (Å²) >= 11 is 1.81. The number of ether oxygens (including phenoxy) is 1. The van der Waals surface area contributed by atoms with Crippen LogP contribution in [-0.2, 0) is 19.4 Å². The molecule has 0 saturated carbocycles. The largest absolute Gasteiger partial charge is 0.497 e. The molecule has 1 saturated heterocycles. The van der Waals surface area contributed by atoms with E-state index in [9.17, 15) is 0 Å². The number of guanidine groups is 1. The molecule has 6 nitrogen and oxygen atoms in total. The number of methoxy groups -OCH3 is 1. The van der Waals surface area contributed by atoms with E-state index in [0.29, 0.717) is 5.92 Å². The number of nitrogens with zero attached hydrogens (tertiary/aromatic N) is 3. The van der Waals surface area contributed by atoms with Crippen LogP contribution in [0.5, 0.6) is 5.75 Å². The molecule has 1 aromatic carbocycles. The molecule has 2 aromatic rings. The number of piperidine rings is 1. The maximum absolute atomic E-state index is 5.24. The average molecular weight is 430 g/mol. The van der Waals surface area contributed by atoms with Gasteiger partial charge in [0.25, 0.3) is 0 Å². The first-order valence-corrected chi connectivity index (χ1v) is 11.7. The zero-order valence-electron chi connectivity index (χ0n) is 18.5. The Bertz CT molecular complexity index is 781. The van der Waals surface area contributed by atoms with E-state index in [4.69, 9.17) is 4.74 Å². The second-order valence-electron chi connectivity index (χ2n) is 7.77. The van der Waals surface area contributed by atoms with Gasteiger partial charge in [0.15, 0.2) is 5.96 Å². The monoisotopic (exact) mass is 429 g/mol. The number of aliphatic imine (C=N–C) groups is 1. The minimum atomic E-state index is 0.696. The topological polar surface area (TPSA) is 61.8 Å². The molecule has 0 bridgehead atoms. The summed E-state index contributed by atoms with van der Waals surface area (Å²) in [5.41, 5.74) is 1.35. The van der Waals surface area contributed by atoms with Crippen LogP contribution >= 0.6 is 11.3 Å². The van der Waals surface area contributed by atoms with Crippen LogP contribution in [0.2, 0.25) is 0 Å². The summed E-state index contributed by atoms with van der Waals surface area (Å²) in [5, 5.41) is 8.12. The fourth-order valence-corrected chi connectivity index (χ4v) is 4.58. The summed E-state index contributed by atoms with van der Waals surface area (Å²) in [5.74, 6) is 2.51. The van der Waals surface area contributed by atoms with Crippen LogP contribution in [0.3, 0.4) is 0 Å². The molecular formula is C23H35N5OS. The lowest BCUT2D eigenvalue weighted by Gasteiger charge is -2.32. The lowest BCUT2D eigenvalue weighted by Crippen LogP contribution is -2.43. The van der Waals surface area contributed by atoms with Crippen molar-refractivity contribution in [3.8, 4) is 5.75 Å². The average Bonchev–Trinajstić information content (AvgIpc) is 3.25. The standard InChI is InChI=1S/C23H35N5OS/c1-4-21-16-26-22(30-21)9-12-25-23(24-2)27-15-18-10-13-28(14-11-18)17-19-5-7-20(29-3)8-6-19/h5-8,16,18H,4,9-15,17H2,1-3H3,(H2,24,25,27). The van der Waals surface area contributed by atoms with Crippen molar-refractivity contribution in [2.45, 2.75) is 39.2 Å². The van der Waals surface area contributed by atoms with Gasteiger partial charge >= 0.3 is 0 Å². The van der Waals surface area contributed by atoms with Gasteiger partial charge in [-0.25, -0.2) is 4.98 Å². The lowest BCUT2D eigenvalue weighted by molar-refractivity contribution is 0.178. The van der Waals surface area contributed by atoms with Crippen LogP contribution < -0.4 is 15.4 Å². The molecule has 164 valence electrons. The molecule has 1 fully saturated rings. The van der Waals surface area contributed by atoms with Gasteiger partial charge in [-0.1, -0.05) is 19.1 Å². The van der Waals surface area contributed by atoms with Crippen LogP contribution in [0.1, 0.15) is 35.2 Å². The summed E-state index contributed by atoms with van der Waals surface area (Å²) < 4.78 is 5.24. The van der Waals surface area contributed by atoms with Crippen molar-refractivity contribution in [3.63, 3.8) is 0 Å². The second kappa shape index (κ2) is 11.9. The number of hydrogen-bond acceptors (Lipinski definition) is 5. The van der Waals surface area contributed by atoms with Gasteiger partial charge in [-0.15, -0.1) is 11.3 Å². The van der Waals surface area contributed by atoms with Crippen molar-refractivity contribution < 1.29 is 4.74 Å². The maximum atomic E-state index is 5.24. The van der Waals surface area contributed by atoms with Gasteiger partial charge < -0.3 is 15.4 Å². The molecule has 0 atom stereocenters. The highest BCUT2D eigenvalue weighted by molar-refractivity contribution is 7.11. The Morgan fingerprint density at radius 2 is 2.00 bits per heavy atom. The third-order valence-electron chi connectivity index (χ3n) is 5.64. The molecule has 30 heavy (non-hydrogen) atoms. The lowest BCUT2D eigenvalue weighted by atomic mass is 9.96. The molecule has 1 aliphatic rings. The molecule has 0 spiro atoms. The van der Waals surface area contributed by atoms with Gasteiger partial charge in [-0.2, -0.15) is 0 Å². The zero-order chi connectivity index (χ0) is 21.2. The van der Waals surface area contributed by atoms with Crippen molar-refractivity contribution in [2.24, 2.45) is 10.9 Å². The van der Waals surface area contributed by atoms with Crippen molar-refractivity contribution in [3.05, 3.63) is 45.9 Å². The number of aryl methyl sites for hydroxylation is 1. The molecule has 1 aliphatic heterocycles. The van der Waals surface area contributed by atoms with E-state index in [2.05, 4.69) is 44.6 Å². The molecule has 1 aromatic heterocycles. The van der Waals surface area contributed by atoms with E-state index >= 15 is 0 Å². The SMILES string of the molecule is CCc1cnc(CCNC(=NC)NCC2CCN(Cc3ccc(OC)cc3)CC2)s1. The Hall–Kier alpha value is -2.12. The second-order valence-corrected chi connectivity index (χ2v) is 8.97. The van der Waals surface area contributed by atoms with Crippen molar-refractivity contribution in [1.82, 2.24) is 20.5 Å². The number of nitrogens with one attached hydrogen (secondary N) is 2. The first-order valence-electron chi connectivity index (χ1n) is 10.9. The predicted octanol–water partition coefficient (Wildman–Crippen LogP) is 3.33. The van der Waals surface area contributed by atoms with Gasteiger partial charge in [0.2, 0.25) is 0 Å². The molecule has 0 aliphatic carbocycles. The third kappa shape index (κ3) is 6.99. The molecule has 3 rings (SSSR count).